The van der Waals surface area contributed by atoms with E-state index in [1.807, 2.05) is 36.4 Å². The number of halogens is 1. The molecule has 21 heavy (non-hydrogen) atoms. The Morgan fingerprint density at radius 3 is 2.10 bits per heavy atom. The van der Waals surface area contributed by atoms with Crippen LogP contribution in [0.4, 0.5) is 4.39 Å². The molecule has 2 rings (SSSR count). The van der Waals surface area contributed by atoms with Gasteiger partial charge in [0.05, 0.1) is 12.9 Å². The van der Waals surface area contributed by atoms with Crippen molar-refractivity contribution in [2.75, 3.05) is 6.61 Å². The monoisotopic (exact) mass is 284 g/mol. The number of hydrogen-bond acceptors (Lipinski definition) is 1. The number of ether oxygens (including phenoxy) is 1. The first-order chi connectivity index (χ1) is 10.3. The zero-order valence-electron chi connectivity index (χ0n) is 12.4. The van der Waals surface area contributed by atoms with E-state index in [1.54, 1.807) is 0 Å². The van der Waals surface area contributed by atoms with Crippen molar-refractivity contribution >= 4 is 6.08 Å². The summed E-state index contributed by atoms with van der Waals surface area (Å²) in [5.41, 5.74) is 3.10. The zero-order valence-corrected chi connectivity index (χ0v) is 12.4. The van der Waals surface area contributed by atoms with Gasteiger partial charge in [-0.05, 0) is 41.3 Å². The third kappa shape index (κ3) is 4.75. The molecule has 0 heterocycles. The van der Waals surface area contributed by atoms with Gasteiger partial charge in [0.1, 0.15) is 5.75 Å². The quantitative estimate of drug-likeness (QED) is 0.578. The van der Waals surface area contributed by atoms with E-state index >= 15 is 0 Å². The van der Waals surface area contributed by atoms with E-state index in [0.717, 1.165) is 35.5 Å². The summed E-state index contributed by atoms with van der Waals surface area (Å²) < 4.78 is 17.8. The van der Waals surface area contributed by atoms with E-state index in [1.165, 1.54) is 18.9 Å². The largest absolute Gasteiger partial charge is 0.494 e. The lowest BCUT2D eigenvalue weighted by Gasteiger charge is -2.07. The van der Waals surface area contributed by atoms with Crippen molar-refractivity contribution in [3.63, 3.8) is 0 Å². The summed E-state index contributed by atoms with van der Waals surface area (Å²) in [6, 6.07) is 15.9. The first-order valence-electron chi connectivity index (χ1n) is 7.43. The van der Waals surface area contributed by atoms with Gasteiger partial charge in [-0.1, -0.05) is 56.2 Å². The molecule has 0 amide bonds. The molecule has 0 saturated heterocycles. The van der Waals surface area contributed by atoms with E-state index in [-0.39, 0.29) is 0 Å². The number of unbranched alkanes of at least 4 members (excludes halogenated alkanes) is 2. The Bertz CT molecular complexity index is 555. The fourth-order valence-electron chi connectivity index (χ4n) is 2.15. The van der Waals surface area contributed by atoms with E-state index in [4.69, 9.17) is 4.74 Å². The Hall–Kier alpha value is -2.09. The summed E-state index contributed by atoms with van der Waals surface area (Å²) in [6.45, 7) is 2.96. The third-order valence-corrected chi connectivity index (χ3v) is 3.37. The Morgan fingerprint density at radius 2 is 1.52 bits per heavy atom. The van der Waals surface area contributed by atoms with Crippen LogP contribution in [0.25, 0.3) is 17.2 Å². The van der Waals surface area contributed by atoms with Gasteiger partial charge in [0.15, 0.2) is 0 Å². The summed E-state index contributed by atoms with van der Waals surface area (Å²) >= 11 is 0. The lowest BCUT2D eigenvalue weighted by molar-refractivity contribution is 0.306. The fourth-order valence-corrected chi connectivity index (χ4v) is 2.15. The Labute approximate surface area is 126 Å². The summed E-state index contributed by atoms with van der Waals surface area (Å²) in [6.07, 6.45) is 5.51. The van der Waals surface area contributed by atoms with Crippen molar-refractivity contribution in [1.29, 1.82) is 0 Å². The second-order valence-corrected chi connectivity index (χ2v) is 4.99. The molecule has 2 aromatic carbocycles. The van der Waals surface area contributed by atoms with Crippen LogP contribution in [0.15, 0.2) is 54.9 Å². The summed E-state index contributed by atoms with van der Waals surface area (Å²) in [7, 11) is 0. The van der Waals surface area contributed by atoms with Gasteiger partial charge in [-0.3, -0.25) is 0 Å². The van der Waals surface area contributed by atoms with E-state index in [9.17, 15) is 4.39 Å². The summed E-state index contributed by atoms with van der Waals surface area (Å²) in [4.78, 5) is 0. The smallest absolute Gasteiger partial charge is 0.119 e. The van der Waals surface area contributed by atoms with Crippen LogP contribution in [0.3, 0.4) is 0 Å². The molecule has 0 bridgehead atoms. The van der Waals surface area contributed by atoms with Gasteiger partial charge in [0.2, 0.25) is 0 Å². The Balaban J connectivity index is 1.97. The predicted molar refractivity (Wildman–Crippen MR) is 87.0 cm³/mol. The molecule has 110 valence electrons. The number of rotatable bonds is 7. The van der Waals surface area contributed by atoms with Gasteiger partial charge in [-0.15, -0.1) is 0 Å². The highest BCUT2D eigenvalue weighted by molar-refractivity contribution is 5.66. The van der Waals surface area contributed by atoms with Gasteiger partial charge in [-0.2, -0.15) is 0 Å². The summed E-state index contributed by atoms with van der Waals surface area (Å²) in [5.74, 6) is 0.909. The average molecular weight is 284 g/mol. The fraction of sp³-hybridized carbons (Fsp3) is 0.263. The second kappa shape index (κ2) is 8.25. The maximum absolute atomic E-state index is 12.1. The maximum Gasteiger partial charge on any atom is 0.119 e. The molecule has 0 saturated carbocycles. The van der Waals surface area contributed by atoms with Crippen LogP contribution in [-0.4, -0.2) is 6.61 Å². The molecule has 0 aromatic heterocycles. The van der Waals surface area contributed by atoms with Crippen LogP contribution in [0, 0.1) is 0 Å². The topological polar surface area (TPSA) is 9.23 Å². The standard InChI is InChI=1S/C19H21FO/c1-2-3-4-15-21-19-11-9-18(10-12-19)17-7-5-16(6-8-17)13-14-20/h5-14H,2-4,15H2,1H3/b14-13+. The Kier molecular flexibility index (Phi) is 6.01. The third-order valence-electron chi connectivity index (χ3n) is 3.37. The molecule has 0 aliphatic rings. The molecule has 0 N–H and O–H groups in total. The van der Waals surface area contributed by atoms with Crippen molar-refractivity contribution in [3.05, 3.63) is 60.4 Å². The minimum Gasteiger partial charge on any atom is -0.494 e. The normalized spacial score (nSPS) is 11.0. The lowest BCUT2D eigenvalue weighted by atomic mass is 10.0. The van der Waals surface area contributed by atoms with Crippen molar-refractivity contribution < 1.29 is 9.13 Å². The second-order valence-electron chi connectivity index (χ2n) is 4.99. The molecule has 0 spiro atoms. The molecule has 0 unspecified atom stereocenters. The van der Waals surface area contributed by atoms with Gasteiger partial charge in [0, 0.05) is 0 Å². The van der Waals surface area contributed by atoms with Crippen LogP contribution < -0.4 is 4.74 Å². The minimum absolute atomic E-state index is 0.555. The van der Waals surface area contributed by atoms with Gasteiger partial charge >= 0.3 is 0 Å². The van der Waals surface area contributed by atoms with Gasteiger partial charge in [0.25, 0.3) is 0 Å². The number of hydrogen-bond donors (Lipinski definition) is 0. The van der Waals surface area contributed by atoms with E-state index < -0.39 is 0 Å². The van der Waals surface area contributed by atoms with Crippen LogP contribution in [-0.2, 0) is 0 Å². The lowest BCUT2D eigenvalue weighted by Crippen LogP contribution is -1.96. The number of benzene rings is 2. The van der Waals surface area contributed by atoms with Crippen LogP contribution in [0.1, 0.15) is 31.7 Å². The zero-order chi connectivity index (χ0) is 14.9. The summed E-state index contributed by atoms with van der Waals surface area (Å²) in [5, 5.41) is 0. The first-order valence-corrected chi connectivity index (χ1v) is 7.43. The molecule has 0 atom stereocenters. The van der Waals surface area contributed by atoms with E-state index in [0.29, 0.717) is 6.33 Å². The molecule has 2 heteroatoms. The van der Waals surface area contributed by atoms with Crippen LogP contribution in [0.5, 0.6) is 5.75 Å². The van der Waals surface area contributed by atoms with Crippen molar-refractivity contribution in [1.82, 2.24) is 0 Å². The molecular formula is C19H21FO. The van der Waals surface area contributed by atoms with Gasteiger partial charge < -0.3 is 4.74 Å². The molecule has 0 radical (unpaired) electrons. The molecule has 1 nitrogen and oxygen atoms in total. The average Bonchev–Trinajstić information content (AvgIpc) is 2.53. The molecule has 0 fully saturated rings. The highest BCUT2D eigenvalue weighted by Gasteiger charge is 1.99. The van der Waals surface area contributed by atoms with Crippen molar-refractivity contribution in [3.8, 4) is 16.9 Å². The predicted octanol–water partition coefficient (Wildman–Crippen LogP) is 5.86. The first kappa shape index (κ1) is 15.3. The molecule has 0 aliphatic carbocycles. The molecule has 2 aromatic rings. The maximum atomic E-state index is 12.1. The SMILES string of the molecule is CCCCCOc1ccc(-c2ccc(/C=C/F)cc2)cc1. The van der Waals surface area contributed by atoms with Crippen LogP contribution >= 0.6 is 0 Å². The highest BCUT2D eigenvalue weighted by atomic mass is 19.1. The van der Waals surface area contributed by atoms with Crippen molar-refractivity contribution in [2.24, 2.45) is 0 Å². The van der Waals surface area contributed by atoms with Crippen molar-refractivity contribution in [2.45, 2.75) is 26.2 Å². The Morgan fingerprint density at radius 1 is 0.905 bits per heavy atom. The van der Waals surface area contributed by atoms with Gasteiger partial charge in [-0.25, -0.2) is 4.39 Å². The highest BCUT2D eigenvalue weighted by Crippen LogP contribution is 2.23. The van der Waals surface area contributed by atoms with E-state index in [2.05, 4.69) is 19.1 Å². The minimum atomic E-state index is 0.555. The molecular weight excluding hydrogens is 263 g/mol. The van der Waals surface area contributed by atoms with Crippen LogP contribution in [0.2, 0.25) is 0 Å². The molecule has 0 aliphatic heterocycles.